The standard InChI is InChI=1S/C15H18N2O4/c1-4-9(2)21-12-6-5-10(8-13(12)20-3)7-11-14(18)17-15(19)16-11/h5-9H,4H2,1-3H3,(H2,16,17,18,19)/b11-7+. The normalized spacial score (nSPS) is 17.4. The van der Waals surface area contributed by atoms with Gasteiger partial charge in [0.25, 0.3) is 5.91 Å². The van der Waals surface area contributed by atoms with E-state index in [1.165, 1.54) is 0 Å². The van der Waals surface area contributed by atoms with Crippen LogP contribution in [0.4, 0.5) is 4.79 Å². The van der Waals surface area contributed by atoms with E-state index in [0.29, 0.717) is 11.5 Å². The van der Waals surface area contributed by atoms with Crippen molar-refractivity contribution in [3.8, 4) is 11.5 Å². The van der Waals surface area contributed by atoms with Gasteiger partial charge in [0.1, 0.15) is 5.70 Å². The zero-order valence-corrected chi connectivity index (χ0v) is 12.2. The molecular formula is C15H18N2O4. The van der Waals surface area contributed by atoms with E-state index in [1.54, 1.807) is 31.4 Å². The van der Waals surface area contributed by atoms with E-state index in [2.05, 4.69) is 10.6 Å². The summed E-state index contributed by atoms with van der Waals surface area (Å²) in [6.07, 6.45) is 2.56. The number of benzene rings is 1. The first-order valence-corrected chi connectivity index (χ1v) is 6.72. The minimum absolute atomic E-state index is 0.0861. The van der Waals surface area contributed by atoms with Crippen molar-refractivity contribution in [1.82, 2.24) is 10.6 Å². The molecule has 1 aliphatic heterocycles. The predicted octanol–water partition coefficient (Wildman–Crippen LogP) is 2.05. The van der Waals surface area contributed by atoms with Crippen molar-refractivity contribution < 1.29 is 19.1 Å². The lowest BCUT2D eigenvalue weighted by molar-refractivity contribution is -0.115. The maximum Gasteiger partial charge on any atom is 0.326 e. The van der Waals surface area contributed by atoms with Gasteiger partial charge in [0, 0.05) is 0 Å². The second-order valence-corrected chi connectivity index (χ2v) is 4.71. The van der Waals surface area contributed by atoms with Crippen molar-refractivity contribution in [2.45, 2.75) is 26.4 Å². The van der Waals surface area contributed by atoms with Crippen LogP contribution in [0.25, 0.3) is 6.08 Å². The van der Waals surface area contributed by atoms with Crippen molar-refractivity contribution >= 4 is 18.0 Å². The molecule has 2 N–H and O–H groups in total. The molecule has 6 nitrogen and oxygen atoms in total. The smallest absolute Gasteiger partial charge is 0.326 e. The molecule has 1 unspecified atom stereocenters. The van der Waals surface area contributed by atoms with E-state index in [1.807, 2.05) is 13.8 Å². The number of methoxy groups -OCH3 is 1. The van der Waals surface area contributed by atoms with Crippen LogP contribution in [0.2, 0.25) is 0 Å². The zero-order chi connectivity index (χ0) is 15.4. The summed E-state index contributed by atoms with van der Waals surface area (Å²) < 4.78 is 11.1. The van der Waals surface area contributed by atoms with Gasteiger partial charge < -0.3 is 14.8 Å². The largest absolute Gasteiger partial charge is 0.493 e. The highest BCUT2D eigenvalue weighted by Gasteiger charge is 2.22. The van der Waals surface area contributed by atoms with E-state index >= 15 is 0 Å². The molecule has 6 heteroatoms. The molecule has 0 aromatic heterocycles. The third-order valence-corrected chi connectivity index (χ3v) is 3.12. The van der Waals surface area contributed by atoms with Crippen molar-refractivity contribution in [1.29, 1.82) is 0 Å². The average Bonchev–Trinajstić information content (AvgIpc) is 2.78. The van der Waals surface area contributed by atoms with Crippen LogP contribution in [0.5, 0.6) is 11.5 Å². The third kappa shape index (κ3) is 3.53. The van der Waals surface area contributed by atoms with Gasteiger partial charge in [0.2, 0.25) is 0 Å². The lowest BCUT2D eigenvalue weighted by atomic mass is 10.1. The van der Waals surface area contributed by atoms with Gasteiger partial charge in [0.15, 0.2) is 11.5 Å². The maximum absolute atomic E-state index is 11.5. The maximum atomic E-state index is 11.5. The minimum Gasteiger partial charge on any atom is -0.493 e. The van der Waals surface area contributed by atoms with Crippen LogP contribution in [0, 0.1) is 0 Å². The quantitative estimate of drug-likeness (QED) is 0.643. The van der Waals surface area contributed by atoms with Crippen LogP contribution in [0.1, 0.15) is 25.8 Å². The molecule has 21 heavy (non-hydrogen) atoms. The fraction of sp³-hybridized carbons (Fsp3) is 0.333. The Morgan fingerprint density at radius 2 is 2.00 bits per heavy atom. The van der Waals surface area contributed by atoms with Crippen LogP contribution >= 0.6 is 0 Å². The van der Waals surface area contributed by atoms with Gasteiger partial charge in [0.05, 0.1) is 13.2 Å². The Balaban J connectivity index is 2.25. The lowest BCUT2D eigenvalue weighted by Gasteiger charge is -2.15. The molecule has 1 saturated heterocycles. The summed E-state index contributed by atoms with van der Waals surface area (Å²) in [5, 5.41) is 4.58. The Hall–Kier alpha value is -2.50. The molecule has 0 saturated carbocycles. The highest BCUT2D eigenvalue weighted by molar-refractivity contribution is 6.13. The third-order valence-electron chi connectivity index (χ3n) is 3.12. The summed E-state index contributed by atoms with van der Waals surface area (Å²) in [4.78, 5) is 22.5. The number of hydrogen-bond acceptors (Lipinski definition) is 4. The first kappa shape index (κ1) is 14.9. The number of amides is 3. The average molecular weight is 290 g/mol. The molecule has 112 valence electrons. The van der Waals surface area contributed by atoms with Crippen LogP contribution < -0.4 is 20.1 Å². The van der Waals surface area contributed by atoms with Gasteiger partial charge >= 0.3 is 6.03 Å². The highest BCUT2D eigenvalue weighted by Crippen LogP contribution is 2.30. The molecule has 1 heterocycles. The summed E-state index contributed by atoms with van der Waals surface area (Å²) in [7, 11) is 1.56. The summed E-state index contributed by atoms with van der Waals surface area (Å²) in [5.41, 5.74) is 0.938. The van der Waals surface area contributed by atoms with Gasteiger partial charge in [-0.2, -0.15) is 0 Å². The molecule has 1 aliphatic rings. The second kappa shape index (κ2) is 6.30. The molecule has 1 fully saturated rings. The Morgan fingerprint density at radius 3 is 2.57 bits per heavy atom. The monoisotopic (exact) mass is 290 g/mol. The lowest BCUT2D eigenvalue weighted by Crippen LogP contribution is -2.22. The second-order valence-electron chi connectivity index (χ2n) is 4.71. The molecule has 0 spiro atoms. The molecule has 0 radical (unpaired) electrons. The van der Waals surface area contributed by atoms with Gasteiger partial charge in [-0.25, -0.2) is 4.79 Å². The van der Waals surface area contributed by atoms with Gasteiger partial charge in [-0.05, 0) is 37.1 Å². The van der Waals surface area contributed by atoms with E-state index in [4.69, 9.17) is 9.47 Å². The van der Waals surface area contributed by atoms with Crippen molar-refractivity contribution in [3.05, 3.63) is 29.5 Å². The van der Waals surface area contributed by atoms with Crippen LogP contribution in [-0.2, 0) is 4.79 Å². The summed E-state index contributed by atoms with van der Waals surface area (Å²) >= 11 is 0. The molecule has 3 amide bonds. The highest BCUT2D eigenvalue weighted by atomic mass is 16.5. The first-order valence-electron chi connectivity index (χ1n) is 6.72. The Kier molecular flexibility index (Phi) is 4.47. The minimum atomic E-state index is -0.519. The van der Waals surface area contributed by atoms with Crippen molar-refractivity contribution in [2.75, 3.05) is 7.11 Å². The summed E-state index contributed by atoms with van der Waals surface area (Å²) in [6.45, 7) is 4.02. The molecule has 1 aromatic rings. The van der Waals surface area contributed by atoms with E-state index < -0.39 is 11.9 Å². The molecule has 0 bridgehead atoms. The number of urea groups is 1. The number of imide groups is 1. The number of nitrogens with one attached hydrogen (secondary N) is 2. The fourth-order valence-corrected chi connectivity index (χ4v) is 1.82. The molecule has 2 rings (SSSR count). The first-order chi connectivity index (χ1) is 10.0. The summed E-state index contributed by atoms with van der Waals surface area (Å²) in [5.74, 6) is 0.780. The topological polar surface area (TPSA) is 76.7 Å². The number of rotatable bonds is 5. The van der Waals surface area contributed by atoms with E-state index in [0.717, 1.165) is 12.0 Å². The van der Waals surface area contributed by atoms with Crippen LogP contribution in [-0.4, -0.2) is 25.2 Å². The van der Waals surface area contributed by atoms with E-state index in [-0.39, 0.29) is 11.8 Å². The number of carbonyl (C=O) groups excluding carboxylic acids is 2. The zero-order valence-electron chi connectivity index (χ0n) is 12.2. The number of hydrogen-bond donors (Lipinski definition) is 2. The fourth-order valence-electron chi connectivity index (χ4n) is 1.82. The Labute approximate surface area is 123 Å². The van der Waals surface area contributed by atoms with E-state index in [9.17, 15) is 9.59 Å². The predicted molar refractivity (Wildman–Crippen MR) is 78.0 cm³/mol. The van der Waals surface area contributed by atoms with Gasteiger partial charge in [-0.3, -0.25) is 10.1 Å². The van der Waals surface area contributed by atoms with Crippen LogP contribution in [0.15, 0.2) is 23.9 Å². The van der Waals surface area contributed by atoms with Crippen LogP contribution in [0.3, 0.4) is 0 Å². The molecular weight excluding hydrogens is 272 g/mol. The molecule has 1 aromatic carbocycles. The molecule has 0 aliphatic carbocycles. The van der Waals surface area contributed by atoms with Gasteiger partial charge in [-0.1, -0.05) is 13.0 Å². The summed E-state index contributed by atoms with van der Waals surface area (Å²) in [6, 6.07) is 4.81. The number of ether oxygens (including phenoxy) is 2. The Bertz CT molecular complexity index is 595. The van der Waals surface area contributed by atoms with Gasteiger partial charge in [-0.15, -0.1) is 0 Å². The number of carbonyl (C=O) groups is 2. The molecule has 1 atom stereocenters. The SMILES string of the molecule is CCC(C)Oc1ccc(/C=C2/NC(=O)NC2=O)cc1OC. The Morgan fingerprint density at radius 1 is 1.24 bits per heavy atom. The van der Waals surface area contributed by atoms with Crippen molar-refractivity contribution in [3.63, 3.8) is 0 Å². The van der Waals surface area contributed by atoms with Crippen molar-refractivity contribution in [2.24, 2.45) is 0 Å².